The molecule has 2 aromatic carbocycles. The molecule has 0 saturated carbocycles. The van der Waals surface area contributed by atoms with Crippen LogP contribution in [0.15, 0.2) is 47.4 Å². The molecule has 0 aromatic heterocycles. The van der Waals surface area contributed by atoms with Crippen molar-refractivity contribution in [3.05, 3.63) is 59.2 Å². The Morgan fingerprint density at radius 3 is 2.21 bits per heavy atom. The third kappa shape index (κ3) is 4.43. The van der Waals surface area contributed by atoms with Gasteiger partial charge in [-0.1, -0.05) is 17.7 Å². The lowest BCUT2D eigenvalue weighted by molar-refractivity contribution is 0.102. The van der Waals surface area contributed by atoms with Gasteiger partial charge in [-0.2, -0.15) is 0 Å². The highest BCUT2D eigenvalue weighted by Gasteiger charge is 2.15. The van der Waals surface area contributed by atoms with Gasteiger partial charge in [0.1, 0.15) is 0 Å². The van der Waals surface area contributed by atoms with Crippen LogP contribution in [0.4, 0.5) is 5.69 Å². The molecule has 0 spiro atoms. The molecule has 0 radical (unpaired) electrons. The first-order valence-corrected chi connectivity index (χ1v) is 9.18. The van der Waals surface area contributed by atoms with Crippen LogP contribution in [0.1, 0.15) is 35.3 Å². The van der Waals surface area contributed by atoms with Gasteiger partial charge in [0.25, 0.3) is 5.91 Å². The van der Waals surface area contributed by atoms with Gasteiger partial charge in [0.2, 0.25) is 10.0 Å². The van der Waals surface area contributed by atoms with E-state index in [1.807, 2.05) is 32.0 Å². The normalized spacial score (nSPS) is 11.5. The maximum atomic E-state index is 12.4. The van der Waals surface area contributed by atoms with E-state index in [0.29, 0.717) is 11.3 Å². The minimum absolute atomic E-state index is 0.168. The summed E-state index contributed by atoms with van der Waals surface area (Å²) in [6.07, 6.45) is 0. The molecule has 1 amide bonds. The predicted molar refractivity (Wildman–Crippen MR) is 95.8 cm³/mol. The summed E-state index contributed by atoms with van der Waals surface area (Å²) in [4.78, 5) is 12.5. The van der Waals surface area contributed by atoms with E-state index in [4.69, 9.17) is 0 Å². The molecule has 0 bridgehead atoms. The van der Waals surface area contributed by atoms with Crippen molar-refractivity contribution in [1.82, 2.24) is 4.72 Å². The summed E-state index contributed by atoms with van der Waals surface area (Å²) in [5.41, 5.74) is 3.04. The molecular weight excluding hydrogens is 324 g/mol. The number of sulfonamides is 1. The van der Waals surface area contributed by atoms with Crippen LogP contribution in [0.25, 0.3) is 0 Å². The maximum Gasteiger partial charge on any atom is 0.255 e. The molecule has 0 unspecified atom stereocenters. The van der Waals surface area contributed by atoms with Crippen molar-refractivity contribution >= 4 is 21.6 Å². The van der Waals surface area contributed by atoms with Gasteiger partial charge in [0.05, 0.1) is 4.90 Å². The van der Waals surface area contributed by atoms with E-state index in [2.05, 4.69) is 10.0 Å². The second kappa shape index (κ2) is 7.15. The minimum atomic E-state index is -3.53. The van der Waals surface area contributed by atoms with Crippen LogP contribution in [0, 0.1) is 13.8 Å². The zero-order valence-electron chi connectivity index (χ0n) is 14.3. The summed E-state index contributed by atoms with van der Waals surface area (Å²) >= 11 is 0. The van der Waals surface area contributed by atoms with Crippen molar-refractivity contribution in [3.63, 3.8) is 0 Å². The molecule has 0 aliphatic rings. The summed E-state index contributed by atoms with van der Waals surface area (Å²) in [5.74, 6) is -0.216. The lowest BCUT2D eigenvalue weighted by Gasteiger charge is -2.11. The van der Waals surface area contributed by atoms with E-state index in [1.54, 1.807) is 26.0 Å². The number of hydrogen-bond donors (Lipinski definition) is 2. The fraction of sp³-hybridized carbons (Fsp3) is 0.278. The molecule has 0 fully saturated rings. The maximum absolute atomic E-state index is 12.4. The quantitative estimate of drug-likeness (QED) is 0.873. The van der Waals surface area contributed by atoms with Crippen LogP contribution in [-0.4, -0.2) is 20.4 Å². The van der Waals surface area contributed by atoms with Crippen molar-refractivity contribution in [1.29, 1.82) is 0 Å². The van der Waals surface area contributed by atoms with Gasteiger partial charge >= 0.3 is 0 Å². The zero-order valence-corrected chi connectivity index (χ0v) is 15.1. The largest absolute Gasteiger partial charge is 0.322 e. The molecule has 6 heteroatoms. The summed E-state index contributed by atoms with van der Waals surface area (Å²) in [7, 11) is -3.53. The molecule has 0 aliphatic heterocycles. The van der Waals surface area contributed by atoms with Crippen LogP contribution in [0.5, 0.6) is 0 Å². The fourth-order valence-electron chi connectivity index (χ4n) is 2.27. The van der Waals surface area contributed by atoms with Crippen molar-refractivity contribution < 1.29 is 13.2 Å². The van der Waals surface area contributed by atoms with Crippen molar-refractivity contribution in [2.24, 2.45) is 0 Å². The molecule has 0 aliphatic carbocycles. The second-order valence-electron chi connectivity index (χ2n) is 6.07. The Balaban J connectivity index is 2.17. The van der Waals surface area contributed by atoms with E-state index in [0.717, 1.165) is 11.1 Å². The molecule has 0 heterocycles. The monoisotopic (exact) mass is 346 g/mol. The van der Waals surface area contributed by atoms with Crippen molar-refractivity contribution in [3.8, 4) is 0 Å². The second-order valence-corrected chi connectivity index (χ2v) is 7.79. The number of nitrogens with one attached hydrogen (secondary N) is 2. The number of anilines is 1. The van der Waals surface area contributed by atoms with Crippen LogP contribution in [-0.2, 0) is 10.0 Å². The summed E-state index contributed by atoms with van der Waals surface area (Å²) < 4.78 is 26.7. The number of hydrogen-bond acceptors (Lipinski definition) is 3. The number of amides is 1. The molecule has 5 nitrogen and oxygen atoms in total. The van der Waals surface area contributed by atoms with E-state index < -0.39 is 10.0 Å². The minimum Gasteiger partial charge on any atom is -0.322 e. The Labute approximate surface area is 143 Å². The van der Waals surface area contributed by atoms with Crippen molar-refractivity contribution in [2.45, 2.75) is 38.6 Å². The Morgan fingerprint density at radius 2 is 1.62 bits per heavy atom. The summed E-state index contributed by atoms with van der Waals surface area (Å²) in [6, 6.07) is 11.6. The van der Waals surface area contributed by atoms with Crippen LogP contribution >= 0.6 is 0 Å². The van der Waals surface area contributed by atoms with E-state index in [1.165, 1.54) is 12.1 Å². The van der Waals surface area contributed by atoms with Gasteiger partial charge in [-0.3, -0.25) is 4.79 Å². The Bertz CT molecular complexity index is 841. The Hall–Kier alpha value is -2.18. The average Bonchev–Trinajstić information content (AvgIpc) is 2.49. The summed E-state index contributed by atoms with van der Waals surface area (Å²) in [5, 5.41) is 2.79. The molecular formula is C18H22N2O3S. The fourth-order valence-corrected chi connectivity index (χ4v) is 3.53. The molecule has 0 saturated heterocycles. The van der Waals surface area contributed by atoms with Gasteiger partial charge in [0, 0.05) is 17.3 Å². The topological polar surface area (TPSA) is 75.3 Å². The molecule has 2 rings (SSSR count). The van der Waals surface area contributed by atoms with Crippen LogP contribution in [0.3, 0.4) is 0 Å². The number of rotatable bonds is 5. The zero-order chi connectivity index (χ0) is 17.9. The number of aryl methyl sites for hydroxylation is 2. The predicted octanol–water partition coefficient (Wildman–Crippen LogP) is 3.24. The first-order chi connectivity index (χ1) is 11.2. The SMILES string of the molecule is Cc1ccc(C)c(C(=O)Nc2ccc(S(=O)(=O)NC(C)C)cc2)c1. The highest BCUT2D eigenvalue weighted by molar-refractivity contribution is 7.89. The number of carbonyl (C=O) groups is 1. The highest BCUT2D eigenvalue weighted by Crippen LogP contribution is 2.17. The van der Waals surface area contributed by atoms with Gasteiger partial charge in [-0.25, -0.2) is 13.1 Å². The van der Waals surface area contributed by atoms with Crippen LogP contribution in [0.2, 0.25) is 0 Å². The first kappa shape index (κ1) is 18.2. The lowest BCUT2D eigenvalue weighted by atomic mass is 10.1. The van der Waals surface area contributed by atoms with Gasteiger partial charge in [-0.15, -0.1) is 0 Å². The highest BCUT2D eigenvalue weighted by atomic mass is 32.2. The smallest absolute Gasteiger partial charge is 0.255 e. The molecule has 24 heavy (non-hydrogen) atoms. The van der Waals surface area contributed by atoms with Gasteiger partial charge < -0.3 is 5.32 Å². The average molecular weight is 346 g/mol. The van der Waals surface area contributed by atoms with Gasteiger partial charge in [-0.05, 0) is 63.6 Å². The number of benzene rings is 2. The molecule has 128 valence electrons. The third-order valence-electron chi connectivity index (χ3n) is 3.45. The lowest BCUT2D eigenvalue weighted by Crippen LogP contribution is -2.30. The standard InChI is InChI=1S/C18H22N2O3S/c1-12(2)20-24(22,23)16-9-7-15(8-10-16)19-18(21)17-11-13(3)5-6-14(17)4/h5-12,20H,1-4H3,(H,19,21). The molecule has 0 atom stereocenters. The molecule has 2 aromatic rings. The van der Waals surface area contributed by atoms with E-state index >= 15 is 0 Å². The Kier molecular flexibility index (Phi) is 5.41. The van der Waals surface area contributed by atoms with Crippen molar-refractivity contribution in [2.75, 3.05) is 5.32 Å². The third-order valence-corrected chi connectivity index (χ3v) is 5.13. The van der Waals surface area contributed by atoms with E-state index in [-0.39, 0.29) is 16.8 Å². The van der Waals surface area contributed by atoms with E-state index in [9.17, 15) is 13.2 Å². The van der Waals surface area contributed by atoms with Gasteiger partial charge in [0.15, 0.2) is 0 Å². The molecule has 2 N–H and O–H groups in total. The first-order valence-electron chi connectivity index (χ1n) is 7.70. The summed E-state index contributed by atoms with van der Waals surface area (Å²) in [6.45, 7) is 7.33. The van der Waals surface area contributed by atoms with Crippen LogP contribution < -0.4 is 10.0 Å². The number of carbonyl (C=O) groups excluding carboxylic acids is 1. The Morgan fingerprint density at radius 1 is 1.00 bits per heavy atom.